The molecule has 3 rings (SSSR count). The van der Waals surface area contributed by atoms with E-state index in [1.54, 1.807) is 37.4 Å². The third-order valence-corrected chi connectivity index (χ3v) is 5.19. The van der Waals surface area contributed by atoms with E-state index in [4.69, 9.17) is 23.2 Å². The normalized spacial score (nSPS) is 10.8. The maximum atomic E-state index is 13.9. The van der Waals surface area contributed by atoms with Crippen molar-refractivity contribution >= 4 is 40.9 Å². The summed E-state index contributed by atoms with van der Waals surface area (Å²) in [6.07, 6.45) is 0. The summed E-state index contributed by atoms with van der Waals surface area (Å²) >= 11 is 13.2. The van der Waals surface area contributed by atoms with Crippen LogP contribution in [0.5, 0.6) is 0 Å². The Kier molecular flexibility index (Phi) is 6.30. The van der Waals surface area contributed by atoms with Crippen LogP contribution in [0, 0.1) is 5.82 Å². The van der Waals surface area contributed by atoms with E-state index >= 15 is 0 Å². The fourth-order valence-electron chi connectivity index (χ4n) is 2.28. The van der Waals surface area contributed by atoms with Gasteiger partial charge in [-0.3, -0.25) is 4.79 Å². The molecule has 6 nitrogen and oxygen atoms in total. The lowest BCUT2D eigenvalue weighted by Crippen LogP contribution is -2.28. The van der Waals surface area contributed by atoms with Crippen LogP contribution in [0.25, 0.3) is 5.69 Å². The van der Waals surface area contributed by atoms with Crippen LogP contribution in [0.4, 0.5) is 4.39 Å². The van der Waals surface area contributed by atoms with Gasteiger partial charge in [-0.25, -0.2) is 4.39 Å². The van der Waals surface area contributed by atoms with Crippen molar-refractivity contribution in [3.8, 4) is 5.69 Å². The molecule has 1 heterocycles. The fourth-order valence-corrected chi connectivity index (χ4v) is 3.52. The van der Waals surface area contributed by atoms with E-state index < -0.39 is 5.82 Å². The Hall–Kier alpha value is -2.16. The summed E-state index contributed by atoms with van der Waals surface area (Å²) in [6.45, 7) is 0.0735. The van der Waals surface area contributed by atoms with Crippen molar-refractivity contribution in [1.82, 2.24) is 25.1 Å². The van der Waals surface area contributed by atoms with Crippen LogP contribution < -0.4 is 0 Å². The van der Waals surface area contributed by atoms with Crippen molar-refractivity contribution in [2.24, 2.45) is 0 Å². The summed E-state index contributed by atoms with van der Waals surface area (Å²) in [5.74, 6) is -0.566. The van der Waals surface area contributed by atoms with Gasteiger partial charge in [-0.2, -0.15) is 4.68 Å². The van der Waals surface area contributed by atoms with E-state index in [0.29, 0.717) is 15.9 Å². The Balaban J connectivity index is 1.65. The number of hydrogen-bond acceptors (Lipinski definition) is 5. The number of benzene rings is 2. The predicted octanol–water partition coefficient (Wildman–Crippen LogP) is 3.86. The molecule has 2 aromatic carbocycles. The minimum Gasteiger partial charge on any atom is -0.341 e. The molecule has 0 atom stereocenters. The first-order valence-corrected chi connectivity index (χ1v) is 9.54. The van der Waals surface area contributed by atoms with Gasteiger partial charge in [0.2, 0.25) is 11.1 Å². The van der Waals surface area contributed by atoms with Crippen LogP contribution in [-0.4, -0.2) is 43.8 Å². The number of amides is 1. The van der Waals surface area contributed by atoms with Crippen molar-refractivity contribution in [2.75, 3.05) is 12.8 Å². The number of thioether (sulfide) groups is 1. The van der Waals surface area contributed by atoms with Crippen LogP contribution >= 0.6 is 35.0 Å². The number of carbonyl (C=O) groups excluding carboxylic acids is 1. The number of carbonyl (C=O) groups is 1. The Morgan fingerprint density at radius 3 is 2.78 bits per heavy atom. The second-order valence-corrected chi connectivity index (χ2v) is 7.38. The van der Waals surface area contributed by atoms with Crippen molar-refractivity contribution < 1.29 is 9.18 Å². The highest BCUT2D eigenvalue weighted by molar-refractivity contribution is 7.99. The first kappa shape index (κ1) is 19.6. The summed E-state index contributed by atoms with van der Waals surface area (Å²) in [4.78, 5) is 13.8. The van der Waals surface area contributed by atoms with E-state index in [2.05, 4.69) is 15.5 Å². The lowest BCUT2D eigenvalue weighted by Gasteiger charge is -2.18. The smallest absolute Gasteiger partial charge is 0.233 e. The van der Waals surface area contributed by atoms with Crippen LogP contribution in [0.3, 0.4) is 0 Å². The maximum Gasteiger partial charge on any atom is 0.233 e. The Morgan fingerprint density at radius 2 is 2.04 bits per heavy atom. The largest absolute Gasteiger partial charge is 0.341 e. The van der Waals surface area contributed by atoms with E-state index in [0.717, 1.165) is 0 Å². The number of hydrogen-bond donors (Lipinski definition) is 0. The molecular weight excluding hydrogens is 412 g/mol. The summed E-state index contributed by atoms with van der Waals surface area (Å²) in [5.41, 5.74) is 0.970. The van der Waals surface area contributed by atoms with Crippen LogP contribution in [-0.2, 0) is 11.3 Å². The molecule has 27 heavy (non-hydrogen) atoms. The second-order valence-electron chi connectivity index (χ2n) is 5.59. The van der Waals surface area contributed by atoms with E-state index in [1.807, 2.05) is 0 Å². The molecule has 0 unspecified atom stereocenters. The number of rotatable bonds is 6. The minimum atomic E-state index is -0.445. The van der Waals surface area contributed by atoms with E-state index in [-0.39, 0.29) is 28.8 Å². The summed E-state index contributed by atoms with van der Waals surface area (Å²) in [6, 6.07) is 11.5. The van der Waals surface area contributed by atoms with Gasteiger partial charge in [0, 0.05) is 29.2 Å². The monoisotopic (exact) mass is 425 g/mol. The Morgan fingerprint density at radius 1 is 1.26 bits per heavy atom. The highest BCUT2D eigenvalue weighted by Gasteiger charge is 2.17. The molecule has 0 saturated heterocycles. The number of aromatic nitrogens is 4. The average molecular weight is 426 g/mol. The zero-order chi connectivity index (χ0) is 19.4. The molecule has 1 amide bonds. The third kappa shape index (κ3) is 4.77. The summed E-state index contributed by atoms with van der Waals surface area (Å²) < 4.78 is 15.4. The van der Waals surface area contributed by atoms with Gasteiger partial charge in [-0.15, -0.1) is 5.10 Å². The van der Waals surface area contributed by atoms with Gasteiger partial charge in [0.1, 0.15) is 5.82 Å². The van der Waals surface area contributed by atoms with Crippen LogP contribution in [0.1, 0.15) is 5.56 Å². The Bertz CT molecular complexity index is 948. The van der Waals surface area contributed by atoms with Crippen molar-refractivity contribution in [1.29, 1.82) is 0 Å². The molecule has 10 heteroatoms. The quantitative estimate of drug-likeness (QED) is 0.561. The lowest BCUT2D eigenvalue weighted by molar-refractivity contribution is -0.127. The van der Waals surface area contributed by atoms with Gasteiger partial charge >= 0.3 is 0 Å². The molecule has 1 aromatic heterocycles. The first-order valence-electron chi connectivity index (χ1n) is 7.79. The molecule has 0 saturated carbocycles. The van der Waals surface area contributed by atoms with Gasteiger partial charge in [-0.05, 0) is 40.8 Å². The third-order valence-electron chi connectivity index (χ3n) is 3.70. The molecule has 140 valence electrons. The number of nitrogens with zero attached hydrogens (tertiary/aromatic N) is 5. The molecule has 0 spiro atoms. The van der Waals surface area contributed by atoms with Gasteiger partial charge in [0.05, 0.1) is 11.4 Å². The molecule has 0 fully saturated rings. The zero-order valence-electron chi connectivity index (χ0n) is 14.1. The molecule has 0 radical (unpaired) electrons. The molecule has 0 N–H and O–H groups in total. The SMILES string of the molecule is CN(Cc1c(F)cccc1Cl)C(=O)CSc1nnnn1-c1cccc(Cl)c1. The van der Waals surface area contributed by atoms with E-state index in [9.17, 15) is 9.18 Å². The molecule has 0 aliphatic rings. The van der Waals surface area contributed by atoms with E-state index in [1.165, 1.54) is 33.5 Å². The van der Waals surface area contributed by atoms with Gasteiger partial charge < -0.3 is 4.90 Å². The van der Waals surface area contributed by atoms with Crippen molar-refractivity contribution in [3.63, 3.8) is 0 Å². The van der Waals surface area contributed by atoms with Gasteiger partial charge in [-0.1, -0.05) is 47.1 Å². The molecule has 3 aromatic rings. The predicted molar refractivity (Wildman–Crippen MR) is 103 cm³/mol. The second kappa shape index (κ2) is 8.69. The fraction of sp³-hybridized carbons (Fsp3) is 0.176. The summed E-state index contributed by atoms with van der Waals surface area (Å²) in [7, 11) is 1.59. The molecule has 0 aliphatic carbocycles. The lowest BCUT2D eigenvalue weighted by atomic mass is 10.2. The topological polar surface area (TPSA) is 63.9 Å². The van der Waals surface area contributed by atoms with Gasteiger partial charge in [0.15, 0.2) is 0 Å². The number of tetrazole rings is 1. The molecule has 0 bridgehead atoms. The first-order chi connectivity index (χ1) is 13.0. The van der Waals surface area contributed by atoms with Crippen LogP contribution in [0.15, 0.2) is 47.6 Å². The van der Waals surface area contributed by atoms with Gasteiger partial charge in [0.25, 0.3) is 0 Å². The summed E-state index contributed by atoms with van der Waals surface area (Å²) in [5, 5.41) is 12.8. The highest BCUT2D eigenvalue weighted by Crippen LogP contribution is 2.23. The average Bonchev–Trinajstić information content (AvgIpc) is 3.11. The van der Waals surface area contributed by atoms with Crippen molar-refractivity contribution in [3.05, 3.63) is 63.9 Å². The highest BCUT2D eigenvalue weighted by atomic mass is 35.5. The van der Waals surface area contributed by atoms with Crippen molar-refractivity contribution in [2.45, 2.75) is 11.7 Å². The van der Waals surface area contributed by atoms with Crippen LogP contribution in [0.2, 0.25) is 10.0 Å². The number of halogens is 3. The molecule has 0 aliphatic heterocycles. The minimum absolute atomic E-state index is 0.0735. The standard InChI is InChI=1S/C17H14Cl2FN5OS/c1-24(9-13-14(19)6-3-7-15(13)20)16(26)10-27-17-21-22-23-25(17)12-5-2-4-11(18)8-12/h2-8H,9-10H2,1H3. The zero-order valence-corrected chi connectivity index (χ0v) is 16.5. The molecular formula is C17H14Cl2FN5OS. The Labute approximate surface area is 169 Å². The maximum absolute atomic E-state index is 13.9.